The molecule has 0 unspecified atom stereocenters. The summed E-state index contributed by atoms with van der Waals surface area (Å²) in [5.41, 5.74) is 2.52. The summed E-state index contributed by atoms with van der Waals surface area (Å²) in [4.78, 5) is 12.7. The molecular formula is C20H16Cl2N2O2. The minimum atomic E-state index is -0.201. The highest BCUT2D eigenvalue weighted by atomic mass is 35.5. The van der Waals surface area contributed by atoms with Crippen molar-refractivity contribution in [2.45, 2.75) is 6.92 Å². The van der Waals surface area contributed by atoms with Gasteiger partial charge in [-0.15, -0.1) is 0 Å². The molecule has 0 spiro atoms. The van der Waals surface area contributed by atoms with Gasteiger partial charge in [0.2, 0.25) is 0 Å². The van der Waals surface area contributed by atoms with Crippen LogP contribution in [0.1, 0.15) is 12.5 Å². The molecule has 1 amide bonds. The number of para-hydroxylation sites is 1. The van der Waals surface area contributed by atoms with Crippen molar-refractivity contribution in [3.8, 4) is 5.75 Å². The van der Waals surface area contributed by atoms with E-state index in [9.17, 15) is 4.79 Å². The van der Waals surface area contributed by atoms with Crippen LogP contribution in [0, 0.1) is 0 Å². The Bertz CT molecular complexity index is 898. The van der Waals surface area contributed by atoms with Crippen molar-refractivity contribution < 1.29 is 9.53 Å². The van der Waals surface area contributed by atoms with E-state index in [2.05, 4.69) is 11.7 Å². The summed E-state index contributed by atoms with van der Waals surface area (Å²) in [5.74, 6) is 0.192. The fraction of sp³-hybridized carbons (Fsp3) is 0.100. The van der Waals surface area contributed by atoms with Crippen LogP contribution in [-0.4, -0.2) is 18.2 Å². The summed E-state index contributed by atoms with van der Waals surface area (Å²) in [6, 6.07) is 12.7. The Morgan fingerprint density at radius 3 is 2.46 bits per heavy atom. The predicted octanol–water partition coefficient (Wildman–Crippen LogP) is 5.36. The second-order valence-corrected chi connectivity index (χ2v) is 6.42. The molecule has 6 heteroatoms. The van der Waals surface area contributed by atoms with E-state index in [1.807, 2.05) is 30.3 Å². The quantitative estimate of drug-likeness (QED) is 0.512. The lowest BCUT2D eigenvalue weighted by molar-refractivity contribution is -0.114. The van der Waals surface area contributed by atoms with Gasteiger partial charge in [-0.05, 0) is 42.8 Å². The van der Waals surface area contributed by atoms with E-state index in [1.165, 1.54) is 5.01 Å². The van der Waals surface area contributed by atoms with Crippen LogP contribution < -0.4 is 9.75 Å². The van der Waals surface area contributed by atoms with Crippen LogP contribution in [0.4, 0.5) is 5.69 Å². The van der Waals surface area contributed by atoms with E-state index < -0.39 is 0 Å². The van der Waals surface area contributed by atoms with E-state index in [1.54, 1.807) is 31.2 Å². The number of carbonyl (C=O) groups excluding carboxylic acids is 1. The maximum atomic E-state index is 12.7. The van der Waals surface area contributed by atoms with Gasteiger partial charge in [0.15, 0.2) is 5.75 Å². The van der Waals surface area contributed by atoms with Gasteiger partial charge >= 0.3 is 0 Å². The number of rotatable bonds is 5. The first kappa shape index (κ1) is 18.2. The molecular weight excluding hydrogens is 371 g/mol. The number of hydrogen-bond donors (Lipinski definition) is 0. The zero-order chi connectivity index (χ0) is 18.7. The molecule has 3 rings (SSSR count). The molecule has 0 N–H and O–H groups in total. The summed E-state index contributed by atoms with van der Waals surface area (Å²) in [6.07, 6.45) is 3.33. The summed E-state index contributed by atoms with van der Waals surface area (Å²) in [5, 5.41) is 6.47. The molecule has 0 saturated carbocycles. The normalized spacial score (nSPS) is 15.3. The Balaban J connectivity index is 1.92. The molecule has 0 saturated heterocycles. The number of halogens is 2. The molecule has 2 aromatic rings. The minimum absolute atomic E-state index is 0.201. The van der Waals surface area contributed by atoms with Gasteiger partial charge in [-0.25, -0.2) is 0 Å². The first-order valence-electron chi connectivity index (χ1n) is 7.90. The fourth-order valence-corrected chi connectivity index (χ4v) is 3.15. The van der Waals surface area contributed by atoms with Crippen molar-refractivity contribution in [2.24, 2.45) is 5.10 Å². The number of amides is 1. The highest BCUT2D eigenvalue weighted by Gasteiger charge is 2.28. The zero-order valence-corrected chi connectivity index (χ0v) is 15.6. The van der Waals surface area contributed by atoms with E-state index in [0.29, 0.717) is 44.9 Å². The van der Waals surface area contributed by atoms with E-state index >= 15 is 0 Å². The third-order valence-corrected chi connectivity index (χ3v) is 4.30. The summed E-state index contributed by atoms with van der Waals surface area (Å²) in [7, 11) is 0. The third kappa shape index (κ3) is 3.66. The number of ether oxygens (including phenoxy) is 1. The number of nitrogens with zero attached hydrogens (tertiary/aromatic N) is 2. The van der Waals surface area contributed by atoms with Crippen molar-refractivity contribution >= 4 is 46.6 Å². The Kier molecular flexibility index (Phi) is 5.45. The number of carbonyl (C=O) groups is 1. The number of benzene rings is 2. The topological polar surface area (TPSA) is 41.9 Å². The van der Waals surface area contributed by atoms with Crippen molar-refractivity contribution in [2.75, 3.05) is 11.6 Å². The third-order valence-electron chi connectivity index (χ3n) is 3.74. The van der Waals surface area contributed by atoms with Crippen molar-refractivity contribution in [1.29, 1.82) is 0 Å². The molecule has 0 aromatic heterocycles. The second kappa shape index (κ2) is 7.77. The standard InChI is InChI=1S/C20H16Cl2N2O2/c1-3-9-26-19-17(21)11-14(12-18(19)22)10-16-13(2)23-24(20(16)25)15-7-5-4-6-8-15/h3-8,10-12H,1,9H2,2H3/b16-10+. The van der Waals surface area contributed by atoms with Crippen LogP contribution in [0.2, 0.25) is 10.0 Å². The largest absolute Gasteiger partial charge is 0.486 e. The highest BCUT2D eigenvalue weighted by molar-refractivity contribution is 6.37. The molecule has 1 aliphatic rings. The Labute approximate surface area is 162 Å². The first-order chi connectivity index (χ1) is 12.5. The Morgan fingerprint density at radius 2 is 1.85 bits per heavy atom. The first-order valence-corrected chi connectivity index (χ1v) is 8.66. The van der Waals surface area contributed by atoms with Crippen molar-refractivity contribution in [1.82, 2.24) is 0 Å². The van der Waals surface area contributed by atoms with E-state index in [0.717, 1.165) is 0 Å². The van der Waals surface area contributed by atoms with Gasteiger partial charge in [0.05, 0.1) is 27.0 Å². The Morgan fingerprint density at radius 1 is 1.19 bits per heavy atom. The summed E-state index contributed by atoms with van der Waals surface area (Å²) < 4.78 is 5.46. The van der Waals surface area contributed by atoms with E-state index in [-0.39, 0.29) is 5.91 Å². The lowest BCUT2D eigenvalue weighted by atomic mass is 10.1. The van der Waals surface area contributed by atoms with Crippen LogP contribution in [0.5, 0.6) is 5.75 Å². The number of anilines is 1. The van der Waals surface area contributed by atoms with Crippen LogP contribution in [0.25, 0.3) is 6.08 Å². The highest BCUT2D eigenvalue weighted by Crippen LogP contribution is 2.35. The second-order valence-electron chi connectivity index (χ2n) is 5.61. The fourth-order valence-electron chi connectivity index (χ4n) is 2.54. The van der Waals surface area contributed by atoms with Crippen molar-refractivity contribution in [3.05, 3.63) is 76.3 Å². The molecule has 0 atom stereocenters. The van der Waals surface area contributed by atoms with Gasteiger partial charge in [-0.3, -0.25) is 4.79 Å². The number of hydrazone groups is 1. The molecule has 1 aliphatic heterocycles. The summed E-state index contributed by atoms with van der Waals surface area (Å²) >= 11 is 12.5. The maximum Gasteiger partial charge on any atom is 0.280 e. The predicted molar refractivity (Wildman–Crippen MR) is 107 cm³/mol. The van der Waals surface area contributed by atoms with Crippen LogP contribution >= 0.6 is 23.2 Å². The zero-order valence-electron chi connectivity index (χ0n) is 14.1. The molecule has 26 heavy (non-hydrogen) atoms. The van der Waals surface area contributed by atoms with Gasteiger partial charge < -0.3 is 4.74 Å². The van der Waals surface area contributed by atoms with Crippen LogP contribution in [-0.2, 0) is 4.79 Å². The molecule has 0 bridgehead atoms. The van der Waals surface area contributed by atoms with Crippen LogP contribution in [0.15, 0.2) is 65.8 Å². The molecule has 1 heterocycles. The van der Waals surface area contributed by atoms with E-state index in [4.69, 9.17) is 27.9 Å². The summed E-state index contributed by atoms with van der Waals surface area (Å²) in [6.45, 7) is 5.68. The van der Waals surface area contributed by atoms with Gasteiger partial charge in [0.1, 0.15) is 6.61 Å². The van der Waals surface area contributed by atoms with Gasteiger partial charge in [0.25, 0.3) is 5.91 Å². The van der Waals surface area contributed by atoms with Gasteiger partial charge in [-0.2, -0.15) is 10.1 Å². The van der Waals surface area contributed by atoms with Crippen LogP contribution in [0.3, 0.4) is 0 Å². The molecule has 0 aliphatic carbocycles. The molecule has 4 nitrogen and oxygen atoms in total. The average molecular weight is 387 g/mol. The Hall–Kier alpha value is -2.56. The van der Waals surface area contributed by atoms with Gasteiger partial charge in [-0.1, -0.05) is 54.1 Å². The smallest absolute Gasteiger partial charge is 0.280 e. The molecule has 132 valence electrons. The lowest BCUT2D eigenvalue weighted by Gasteiger charge is -2.11. The molecule has 2 aromatic carbocycles. The average Bonchev–Trinajstić information content (AvgIpc) is 2.90. The maximum absolute atomic E-state index is 12.7. The molecule has 0 fully saturated rings. The SMILES string of the molecule is C=CCOc1c(Cl)cc(/C=C2/C(=O)N(c3ccccc3)N=C2C)cc1Cl. The minimum Gasteiger partial charge on any atom is -0.486 e. The number of hydrogen-bond acceptors (Lipinski definition) is 3. The van der Waals surface area contributed by atoms with Gasteiger partial charge in [0, 0.05) is 0 Å². The monoisotopic (exact) mass is 386 g/mol. The van der Waals surface area contributed by atoms with Crippen molar-refractivity contribution in [3.63, 3.8) is 0 Å². The lowest BCUT2D eigenvalue weighted by Crippen LogP contribution is -2.21. The molecule has 0 radical (unpaired) electrons.